The Balaban J connectivity index is 2.68. The standard InChI is InChI=1S/C10H11Cl2NO/c1-2-9(14)13-6-7-4-3-5-8(11)10(7)12/h3-5H,2,6H2,1H3,(H,13,14). The van der Waals surface area contributed by atoms with Crippen LogP contribution in [0.2, 0.25) is 10.0 Å². The molecule has 0 aliphatic heterocycles. The average Bonchev–Trinajstić information content (AvgIpc) is 2.20. The number of carbonyl (C=O) groups excluding carboxylic acids is 1. The Morgan fingerprint density at radius 1 is 1.43 bits per heavy atom. The van der Waals surface area contributed by atoms with Crippen molar-refractivity contribution < 1.29 is 4.79 Å². The molecule has 0 saturated heterocycles. The van der Waals surface area contributed by atoms with Crippen molar-refractivity contribution in [3.63, 3.8) is 0 Å². The first kappa shape index (κ1) is 11.3. The highest BCUT2D eigenvalue weighted by atomic mass is 35.5. The van der Waals surface area contributed by atoms with Crippen LogP contribution in [0.5, 0.6) is 0 Å². The summed E-state index contributed by atoms with van der Waals surface area (Å²) >= 11 is 11.8. The highest BCUT2D eigenvalue weighted by molar-refractivity contribution is 6.42. The highest BCUT2D eigenvalue weighted by Crippen LogP contribution is 2.25. The van der Waals surface area contributed by atoms with E-state index in [0.29, 0.717) is 23.0 Å². The van der Waals surface area contributed by atoms with Crippen molar-refractivity contribution in [2.45, 2.75) is 19.9 Å². The third kappa shape index (κ3) is 2.89. The van der Waals surface area contributed by atoms with E-state index in [4.69, 9.17) is 23.2 Å². The molecule has 0 bridgehead atoms. The second kappa shape index (κ2) is 5.23. The lowest BCUT2D eigenvalue weighted by atomic mass is 10.2. The summed E-state index contributed by atoms with van der Waals surface area (Å²) in [6, 6.07) is 5.36. The molecule has 2 nitrogen and oxygen atoms in total. The largest absolute Gasteiger partial charge is 0.352 e. The van der Waals surface area contributed by atoms with Gasteiger partial charge in [0.15, 0.2) is 0 Å². The van der Waals surface area contributed by atoms with Crippen molar-refractivity contribution in [3.8, 4) is 0 Å². The molecular weight excluding hydrogens is 221 g/mol. The molecule has 1 amide bonds. The van der Waals surface area contributed by atoms with Gasteiger partial charge in [-0.2, -0.15) is 0 Å². The molecule has 1 N–H and O–H groups in total. The van der Waals surface area contributed by atoms with Crippen LogP contribution >= 0.6 is 23.2 Å². The van der Waals surface area contributed by atoms with E-state index in [1.54, 1.807) is 13.0 Å². The molecule has 14 heavy (non-hydrogen) atoms. The van der Waals surface area contributed by atoms with Gasteiger partial charge in [0.1, 0.15) is 0 Å². The maximum absolute atomic E-state index is 11.0. The molecule has 0 heterocycles. The van der Waals surface area contributed by atoms with Gasteiger partial charge in [-0.15, -0.1) is 0 Å². The van der Waals surface area contributed by atoms with E-state index in [0.717, 1.165) is 5.56 Å². The van der Waals surface area contributed by atoms with Gasteiger partial charge in [0.05, 0.1) is 10.0 Å². The second-order valence-electron chi connectivity index (χ2n) is 2.84. The van der Waals surface area contributed by atoms with E-state index in [1.165, 1.54) is 0 Å². The van der Waals surface area contributed by atoms with E-state index in [9.17, 15) is 4.79 Å². The third-order valence-corrected chi connectivity index (χ3v) is 2.69. The molecule has 0 aromatic heterocycles. The van der Waals surface area contributed by atoms with Crippen LogP contribution in [0.25, 0.3) is 0 Å². The molecule has 0 unspecified atom stereocenters. The van der Waals surface area contributed by atoms with Crippen molar-refractivity contribution in [1.82, 2.24) is 5.32 Å². The number of amides is 1. The summed E-state index contributed by atoms with van der Waals surface area (Å²) in [7, 11) is 0. The molecule has 76 valence electrons. The Morgan fingerprint density at radius 2 is 2.14 bits per heavy atom. The Hall–Kier alpha value is -0.730. The van der Waals surface area contributed by atoms with Gasteiger partial charge in [-0.1, -0.05) is 42.3 Å². The van der Waals surface area contributed by atoms with E-state index >= 15 is 0 Å². The number of halogens is 2. The molecule has 0 aliphatic rings. The summed E-state index contributed by atoms with van der Waals surface area (Å²) in [6.45, 7) is 2.22. The molecule has 0 fully saturated rings. The molecule has 1 rings (SSSR count). The summed E-state index contributed by atoms with van der Waals surface area (Å²) in [6.07, 6.45) is 0.470. The lowest BCUT2D eigenvalue weighted by molar-refractivity contribution is -0.120. The number of benzene rings is 1. The SMILES string of the molecule is CCC(=O)NCc1cccc(Cl)c1Cl. The fourth-order valence-corrected chi connectivity index (χ4v) is 1.39. The normalized spacial score (nSPS) is 9.93. The minimum atomic E-state index is 0.000965. The molecule has 0 atom stereocenters. The van der Waals surface area contributed by atoms with Gasteiger partial charge in [0.2, 0.25) is 5.91 Å². The monoisotopic (exact) mass is 231 g/mol. The highest BCUT2D eigenvalue weighted by Gasteiger charge is 2.04. The molecule has 1 aromatic carbocycles. The second-order valence-corrected chi connectivity index (χ2v) is 3.63. The first-order chi connectivity index (χ1) is 6.65. The van der Waals surface area contributed by atoms with Crippen LogP contribution in [0.3, 0.4) is 0 Å². The zero-order valence-electron chi connectivity index (χ0n) is 7.81. The van der Waals surface area contributed by atoms with E-state index in [-0.39, 0.29) is 5.91 Å². The van der Waals surface area contributed by atoms with Crippen molar-refractivity contribution in [1.29, 1.82) is 0 Å². The molecular formula is C10H11Cl2NO. The van der Waals surface area contributed by atoms with Gasteiger partial charge in [-0.05, 0) is 11.6 Å². The molecule has 1 aromatic rings. The summed E-state index contributed by atoms with van der Waals surface area (Å²) in [5.74, 6) is 0.000965. The van der Waals surface area contributed by atoms with Gasteiger partial charge in [-0.25, -0.2) is 0 Å². The fourth-order valence-electron chi connectivity index (χ4n) is 1.00. The number of rotatable bonds is 3. The number of carbonyl (C=O) groups is 1. The fraction of sp³-hybridized carbons (Fsp3) is 0.300. The molecule has 0 saturated carbocycles. The Kier molecular flexibility index (Phi) is 4.23. The summed E-state index contributed by atoms with van der Waals surface area (Å²) < 4.78 is 0. The van der Waals surface area contributed by atoms with Crippen LogP contribution in [-0.2, 0) is 11.3 Å². The number of nitrogens with one attached hydrogen (secondary N) is 1. The Labute approximate surface area is 93.2 Å². The Morgan fingerprint density at radius 3 is 2.79 bits per heavy atom. The number of hydrogen-bond donors (Lipinski definition) is 1. The zero-order valence-corrected chi connectivity index (χ0v) is 9.32. The van der Waals surface area contributed by atoms with Gasteiger partial charge < -0.3 is 5.32 Å². The lowest BCUT2D eigenvalue weighted by Crippen LogP contribution is -2.21. The average molecular weight is 232 g/mol. The van der Waals surface area contributed by atoms with Crippen LogP contribution < -0.4 is 5.32 Å². The maximum Gasteiger partial charge on any atom is 0.219 e. The lowest BCUT2D eigenvalue weighted by Gasteiger charge is -2.06. The van der Waals surface area contributed by atoms with Gasteiger partial charge in [-0.3, -0.25) is 4.79 Å². The molecule has 0 spiro atoms. The summed E-state index contributed by atoms with van der Waals surface area (Å²) in [5, 5.41) is 3.75. The van der Waals surface area contributed by atoms with E-state index < -0.39 is 0 Å². The molecule has 4 heteroatoms. The van der Waals surface area contributed by atoms with Gasteiger partial charge in [0, 0.05) is 13.0 Å². The van der Waals surface area contributed by atoms with Crippen molar-refractivity contribution >= 4 is 29.1 Å². The molecule has 0 aliphatic carbocycles. The number of hydrogen-bond acceptors (Lipinski definition) is 1. The topological polar surface area (TPSA) is 29.1 Å². The minimum Gasteiger partial charge on any atom is -0.352 e. The zero-order chi connectivity index (χ0) is 10.6. The van der Waals surface area contributed by atoms with E-state index in [1.807, 2.05) is 12.1 Å². The smallest absolute Gasteiger partial charge is 0.219 e. The van der Waals surface area contributed by atoms with Gasteiger partial charge >= 0.3 is 0 Å². The van der Waals surface area contributed by atoms with Gasteiger partial charge in [0.25, 0.3) is 0 Å². The predicted octanol–water partition coefficient (Wildman–Crippen LogP) is 3.02. The minimum absolute atomic E-state index is 0.000965. The summed E-state index contributed by atoms with van der Waals surface area (Å²) in [5.41, 5.74) is 0.834. The van der Waals surface area contributed by atoms with Crippen LogP contribution in [0.1, 0.15) is 18.9 Å². The Bertz CT molecular complexity index is 339. The van der Waals surface area contributed by atoms with Crippen molar-refractivity contribution in [3.05, 3.63) is 33.8 Å². The van der Waals surface area contributed by atoms with Crippen LogP contribution in [0.4, 0.5) is 0 Å². The van der Waals surface area contributed by atoms with E-state index in [2.05, 4.69) is 5.32 Å². The van der Waals surface area contributed by atoms with Crippen LogP contribution in [0, 0.1) is 0 Å². The summed E-state index contributed by atoms with van der Waals surface area (Å²) in [4.78, 5) is 11.0. The third-order valence-electron chi connectivity index (χ3n) is 1.83. The first-order valence-electron chi connectivity index (χ1n) is 4.34. The maximum atomic E-state index is 11.0. The van der Waals surface area contributed by atoms with Crippen molar-refractivity contribution in [2.75, 3.05) is 0 Å². The van der Waals surface area contributed by atoms with Crippen molar-refractivity contribution in [2.24, 2.45) is 0 Å². The quantitative estimate of drug-likeness (QED) is 0.852. The first-order valence-corrected chi connectivity index (χ1v) is 5.10. The van der Waals surface area contributed by atoms with Crippen LogP contribution in [-0.4, -0.2) is 5.91 Å². The molecule has 0 radical (unpaired) electrons. The predicted molar refractivity (Wildman–Crippen MR) is 58.6 cm³/mol. The van der Waals surface area contributed by atoms with Crippen LogP contribution in [0.15, 0.2) is 18.2 Å².